The van der Waals surface area contributed by atoms with Gasteiger partial charge in [0, 0.05) is 26.2 Å². The summed E-state index contributed by atoms with van der Waals surface area (Å²) >= 11 is 0. The van der Waals surface area contributed by atoms with Crippen molar-refractivity contribution in [1.29, 1.82) is 0 Å². The molecular formula is C13H27N3O. The number of nitrogens with one attached hydrogen (secondary N) is 2. The van der Waals surface area contributed by atoms with Crippen molar-refractivity contribution in [2.45, 2.75) is 39.7 Å². The van der Waals surface area contributed by atoms with Gasteiger partial charge in [-0.1, -0.05) is 13.8 Å². The van der Waals surface area contributed by atoms with Crippen molar-refractivity contribution in [3.8, 4) is 0 Å². The second kappa shape index (κ2) is 7.54. The summed E-state index contributed by atoms with van der Waals surface area (Å²) in [6.45, 7) is 9.06. The van der Waals surface area contributed by atoms with Crippen LogP contribution in [0, 0.1) is 11.8 Å². The van der Waals surface area contributed by atoms with Gasteiger partial charge in [0.2, 0.25) is 0 Å². The van der Waals surface area contributed by atoms with Gasteiger partial charge in [-0.25, -0.2) is 0 Å². The fourth-order valence-corrected chi connectivity index (χ4v) is 1.35. The molecule has 4 heteroatoms. The second-order valence-corrected chi connectivity index (χ2v) is 5.19. The highest BCUT2D eigenvalue weighted by Crippen LogP contribution is 2.28. The van der Waals surface area contributed by atoms with Crippen LogP contribution in [0.1, 0.15) is 33.6 Å². The van der Waals surface area contributed by atoms with Crippen LogP contribution >= 0.6 is 0 Å². The van der Waals surface area contributed by atoms with E-state index in [4.69, 9.17) is 4.74 Å². The number of nitrogens with zero attached hydrogens (tertiary/aromatic N) is 1. The second-order valence-electron chi connectivity index (χ2n) is 5.19. The molecule has 0 aromatic rings. The summed E-state index contributed by atoms with van der Waals surface area (Å²) in [5.74, 6) is 2.30. The van der Waals surface area contributed by atoms with Gasteiger partial charge >= 0.3 is 0 Å². The molecule has 0 aromatic heterocycles. The number of ether oxygens (including phenoxy) is 1. The summed E-state index contributed by atoms with van der Waals surface area (Å²) in [4.78, 5) is 4.19. The number of rotatable bonds is 7. The van der Waals surface area contributed by atoms with E-state index < -0.39 is 0 Å². The highest BCUT2D eigenvalue weighted by molar-refractivity contribution is 5.79. The van der Waals surface area contributed by atoms with Gasteiger partial charge in [0.15, 0.2) is 5.96 Å². The largest absolute Gasteiger partial charge is 0.379 e. The summed E-state index contributed by atoms with van der Waals surface area (Å²) < 4.78 is 5.56. The fraction of sp³-hybridized carbons (Fsp3) is 0.923. The topological polar surface area (TPSA) is 45.7 Å². The molecule has 0 bridgehead atoms. The molecule has 0 heterocycles. The Kier molecular flexibility index (Phi) is 6.34. The maximum atomic E-state index is 5.56. The Morgan fingerprint density at radius 2 is 2.06 bits per heavy atom. The van der Waals surface area contributed by atoms with Crippen LogP contribution in [0.25, 0.3) is 0 Å². The fourth-order valence-electron chi connectivity index (χ4n) is 1.35. The Bertz CT molecular complexity index is 237. The predicted octanol–water partition coefficient (Wildman–Crippen LogP) is 1.62. The SMILES string of the molecule is CN=C(NCCOCC1CC1)NC(C)C(C)C. The molecule has 1 rings (SSSR count). The summed E-state index contributed by atoms with van der Waals surface area (Å²) in [6.07, 6.45) is 2.70. The maximum absolute atomic E-state index is 5.56. The molecule has 2 N–H and O–H groups in total. The minimum Gasteiger partial charge on any atom is -0.379 e. The zero-order chi connectivity index (χ0) is 12.7. The third-order valence-corrected chi connectivity index (χ3v) is 3.18. The molecular weight excluding hydrogens is 214 g/mol. The van der Waals surface area contributed by atoms with Crippen LogP contribution in [-0.4, -0.2) is 38.8 Å². The van der Waals surface area contributed by atoms with Crippen molar-refractivity contribution in [3.63, 3.8) is 0 Å². The Hall–Kier alpha value is -0.770. The van der Waals surface area contributed by atoms with Gasteiger partial charge in [-0.05, 0) is 31.6 Å². The van der Waals surface area contributed by atoms with Crippen LogP contribution in [0.15, 0.2) is 4.99 Å². The van der Waals surface area contributed by atoms with Crippen molar-refractivity contribution in [3.05, 3.63) is 0 Å². The van der Waals surface area contributed by atoms with E-state index in [1.54, 1.807) is 7.05 Å². The van der Waals surface area contributed by atoms with E-state index >= 15 is 0 Å². The molecule has 0 radical (unpaired) electrons. The smallest absolute Gasteiger partial charge is 0.191 e. The van der Waals surface area contributed by atoms with Crippen LogP contribution < -0.4 is 10.6 Å². The van der Waals surface area contributed by atoms with Crippen molar-refractivity contribution in [1.82, 2.24) is 10.6 Å². The molecule has 0 aromatic carbocycles. The van der Waals surface area contributed by atoms with E-state index in [2.05, 4.69) is 36.4 Å². The van der Waals surface area contributed by atoms with Crippen LogP contribution in [0.3, 0.4) is 0 Å². The average molecular weight is 241 g/mol. The lowest BCUT2D eigenvalue weighted by Gasteiger charge is -2.20. The standard InChI is InChI=1S/C13H27N3O/c1-10(2)11(3)16-13(14-4)15-7-8-17-9-12-5-6-12/h10-12H,5-9H2,1-4H3,(H2,14,15,16). The van der Waals surface area contributed by atoms with E-state index in [0.29, 0.717) is 12.0 Å². The van der Waals surface area contributed by atoms with E-state index in [9.17, 15) is 0 Å². The summed E-state index contributed by atoms with van der Waals surface area (Å²) in [5, 5.41) is 6.62. The first-order chi connectivity index (χ1) is 8.13. The van der Waals surface area contributed by atoms with Gasteiger partial charge in [0.25, 0.3) is 0 Å². The Morgan fingerprint density at radius 3 is 2.59 bits per heavy atom. The Balaban J connectivity index is 2.05. The number of hydrogen-bond acceptors (Lipinski definition) is 2. The van der Waals surface area contributed by atoms with Gasteiger partial charge in [-0.15, -0.1) is 0 Å². The summed E-state index contributed by atoms with van der Waals surface area (Å²) in [6, 6.07) is 0.425. The van der Waals surface area contributed by atoms with Crippen molar-refractivity contribution in [2.75, 3.05) is 26.8 Å². The van der Waals surface area contributed by atoms with Gasteiger partial charge in [-0.2, -0.15) is 0 Å². The molecule has 0 aliphatic heterocycles. The molecule has 1 atom stereocenters. The quantitative estimate of drug-likeness (QED) is 0.404. The van der Waals surface area contributed by atoms with Gasteiger partial charge in [-0.3, -0.25) is 4.99 Å². The van der Waals surface area contributed by atoms with E-state index in [-0.39, 0.29) is 0 Å². The molecule has 1 unspecified atom stereocenters. The van der Waals surface area contributed by atoms with Gasteiger partial charge < -0.3 is 15.4 Å². The third kappa shape index (κ3) is 6.51. The molecule has 1 fully saturated rings. The number of aliphatic imine (C=N–C) groups is 1. The van der Waals surface area contributed by atoms with Crippen LogP contribution in [-0.2, 0) is 4.74 Å². The minimum absolute atomic E-state index is 0.425. The van der Waals surface area contributed by atoms with Crippen LogP contribution in [0.2, 0.25) is 0 Å². The monoisotopic (exact) mass is 241 g/mol. The van der Waals surface area contributed by atoms with Crippen molar-refractivity contribution in [2.24, 2.45) is 16.8 Å². The Morgan fingerprint density at radius 1 is 1.35 bits per heavy atom. The first-order valence-corrected chi connectivity index (χ1v) is 6.68. The molecule has 0 spiro atoms. The first kappa shape index (κ1) is 14.3. The van der Waals surface area contributed by atoms with E-state index in [1.807, 2.05) is 0 Å². The normalized spacial score (nSPS) is 18.3. The molecule has 100 valence electrons. The highest BCUT2D eigenvalue weighted by atomic mass is 16.5. The third-order valence-electron chi connectivity index (χ3n) is 3.18. The van der Waals surface area contributed by atoms with Crippen LogP contribution in [0.4, 0.5) is 0 Å². The maximum Gasteiger partial charge on any atom is 0.191 e. The number of hydrogen-bond donors (Lipinski definition) is 2. The molecule has 1 saturated carbocycles. The molecule has 1 aliphatic rings. The Labute approximate surface area is 105 Å². The zero-order valence-electron chi connectivity index (χ0n) is 11.6. The molecule has 1 aliphatic carbocycles. The molecule has 0 saturated heterocycles. The highest BCUT2D eigenvalue weighted by Gasteiger charge is 2.20. The van der Waals surface area contributed by atoms with Gasteiger partial charge in [0.05, 0.1) is 6.61 Å². The zero-order valence-corrected chi connectivity index (χ0v) is 11.6. The van der Waals surface area contributed by atoms with Crippen LogP contribution in [0.5, 0.6) is 0 Å². The summed E-state index contributed by atoms with van der Waals surface area (Å²) in [7, 11) is 1.80. The lowest BCUT2D eigenvalue weighted by atomic mass is 10.1. The molecule has 0 amide bonds. The van der Waals surface area contributed by atoms with Crippen molar-refractivity contribution >= 4 is 5.96 Å². The minimum atomic E-state index is 0.425. The first-order valence-electron chi connectivity index (χ1n) is 6.68. The van der Waals surface area contributed by atoms with Crippen molar-refractivity contribution < 1.29 is 4.74 Å². The predicted molar refractivity (Wildman–Crippen MR) is 72.3 cm³/mol. The van der Waals surface area contributed by atoms with E-state index in [0.717, 1.165) is 31.6 Å². The average Bonchev–Trinajstić information content (AvgIpc) is 3.10. The van der Waals surface area contributed by atoms with Gasteiger partial charge in [0.1, 0.15) is 0 Å². The lowest BCUT2D eigenvalue weighted by molar-refractivity contribution is 0.129. The van der Waals surface area contributed by atoms with E-state index in [1.165, 1.54) is 12.8 Å². The molecule has 17 heavy (non-hydrogen) atoms. The molecule has 4 nitrogen and oxygen atoms in total. The summed E-state index contributed by atoms with van der Waals surface area (Å²) in [5.41, 5.74) is 0. The lowest BCUT2D eigenvalue weighted by Crippen LogP contribution is -2.45. The number of guanidine groups is 1.